The van der Waals surface area contributed by atoms with Crippen LogP contribution >= 0.6 is 0 Å². The number of methoxy groups -OCH3 is 1. The minimum atomic E-state index is -2.97. The molecule has 28 heavy (non-hydrogen) atoms. The lowest BCUT2D eigenvalue weighted by Gasteiger charge is -2.11. The Morgan fingerprint density at radius 1 is 1.18 bits per heavy atom. The Labute approximate surface area is 158 Å². The van der Waals surface area contributed by atoms with Gasteiger partial charge in [0.05, 0.1) is 19.0 Å². The maximum absolute atomic E-state index is 12.3. The molecule has 3 rings (SSSR count). The molecule has 0 aliphatic rings. The summed E-state index contributed by atoms with van der Waals surface area (Å²) in [5, 5.41) is 0. The zero-order chi connectivity index (χ0) is 20.1. The molecule has 9 heteroatoms. The Bertz CT molecular complexity index is 1030. The third-order valence-corrected chi connectivity index (χ3v) is 3.96. The lowest BCUT2D eigenvalue weighted by Crippen LogP contribution is -2.17. The van der Waals surface area contributed by atoms with Crippen molar-refractivity contribution in [1.29, 1.82) is 0 Å². The summed E-state index contributed by atoms with van der Waals surface area (Å²) in [7, 11) is 1.32. The zero-order valence-electron chi connectivity index (χ0n) is 14.9. The average molecular weight is 393 g/mol. The van der Waals surface area contributed by atoms with Crippen molar-refractivity contribution < 1.29 is 32.2 Å². The number of carbonyl (C=O) groups excluding carboxylic acids is 1. The predicted molar refractivity (Wildman–Crippen MR) is 94.5 cm³/mol. The lowest BCUT2D eigenvalue weighted by molar-refractivity contribution is -0.145. The Morgan fingerprint density at radius 3 is 2.71 bits per heavy atom. The highest BCUT2D eigenvalue weighted by molar-refractivity contribution is 5.73. The van der Waals surface area contributed by atoms with Gasteiger partial charge in [-0.05, 0) is 29.8 Å². The van der Waals surface area contributed by atoms with Crippen molar-refractivity contribution in [2.75, 3.05) is 7.11 Å². The fourth-order valence-corrected chi connectivity index (χ4v) is 2.66. The number of benzene rings is 2. The zero-order valence-corrected chi connectivity index (χ0v) is 14.9. The van der Waals surface area contributed by atoms with Crippen LogP contribution in [0.5, 0.6) is 11.5 Å². The van der Waals surface area contributed by atoms with E-state index in [-0.39, 0.29) is 31.1 Å². The molecule has 0 N–H and O–H groups in total. The minimum Gasteiger partial charge on any atom is -0.493 e. The molecule has 0 saturated heterocycles. The molecule has 0 aliphatic carbocycles. The van der Waals surface area contributed by atoms with Gasteiger partial charge in [0.15, 0.2) is 17.1 Å². The summed E-state index contributed by atoms with van der Waals surface area (Å²) in [5.41, 5.74) is 1.58. The number of carbonyl (C=O) groups is 1. The summed E-state index contributed by atoms with van der Waals surface area (Å²) in [4.78, 5) is 23.9. The molecule has 0 atom stereocenters. The number of hydrogen-bond acceptors (Lipinski definition) is 6. The van der Waals surface area contributed by atoms with Gasteiger partial charge in [-0.3, -0.25) is 9.36 Å². The molecule has 0 spiro atoms. The van der Waals surface area contributed by atoms with Crippen LogP contribution < -0.4 is 15.2 Å². The highest BCUT2D eigenvalue weighted by Crippen LogP contribution is 2.29. The fraction of sp³-hybridized carbons (Fsp3) is 0.263. The normalized spacial score (nSPS) is 11.0. The first-order valence-electron chi connectivity index (χ1n) is 8.33. The lowest BCUT2D eigenvalue weighted by atomic mass is 10.2. The molecular weight excluding hydrogens is 376 g/mol. The molecule has 3 aromatic rings. The van der Waals surface area contributed by atoms with E-state index in [1.54, 1.807) is 24.3 Å². The van der Waals surface area contributed by atoms with Gasteiger partial charge in [-0.15, -0.1) is 0 Å². The van der Waals surface area contributed by atoms with E-state index in [0.717, 1.165) is 0 Å². The van der Waals surface area contributed by atoms with Crippen LogP contribution in [0.25, 0.3) is 11.1 Å². The van der Waals surface area contributed by atoms with Gasteiger partial charge in [0.2, 0.25) is 0 Å². The summed E-state index contributed by atoms with van der Waals surface area (Å²) >= 11 is 0. The first-order chi connectivity index (χ1) is 13.5. The van der Waals surface area contributed by atoms with Crippen LogP contribution in [0.3, 0.4) is 0 Å². The summed E-state index contributed by atoms with van der Waals surface area (Å²) < 4.78 is 45.6. The fourth-order valence-electron chi connectivity index (χ4n) is 2.66. The molecule has 7 nitrogen and oxygen atoms in total. The largest absolute Gasteiger partial charge is 0.493 e. The molecule has 1 heterocycles. The number of rotatable bonds is 8. The van der Waals surface area contributed by atoms with Crippen LogP contribution in [0.2, 0.25) is 0 Å². The number of aromatic nitrogens is 1. The van der Waals surface area contributed by atoms with Gasteiger partial charge in [0.1, 0.15) is 6.61 Å². The SMILES string of the molecule is COc1cc(COC(=O)CCn2c(=O)oc3ccccc32)ccc1OC(F)F. The Morgan fingerprint density at radius 2 is 1.96 bits per heavy atom. The second-order valence-corrected chi connectivity index (χ2v) is 5.76. The third-order valence-electron chi connectivity index (χ3n) is 3.96. The maximum atomic E-state index is 12.3. The quantitative estimate of drug-likeness (QED) is 0.546. The number of halogens is 2. The van der Waals surface area contributed by atoms with Crippen molar-refractivity contribution in [2.45, 2.75) is 26.2 Å². The highest BCUT2D eigenvalue weighted by Gasteiger charge is 2.13. The van der Waals surface area contributed by atoms with Crippen LogP contribution in [-0.4, -0.2) is 24.3 Å². The molecule has 2 aromatic carbocycles. The van der Waals surface area contributed by atoms with Crippen LogP contribution in [0.4, 0.5) is 8.78 Å². The van der Waals surface area contributed by atoms with Crippen LogP contribution in [0.1, 0.15) is 12.0 Å². The molecule has 1 aromatic heterocycles. The summed E-state index contributed by atoms with van der Waals surface area (Å²) in [6.45, 7) is -2.94. The molecule has 0 bridgehead atoms. The smallest absolute Gasteiger partial charge is 0.419 e. The first kappa shape index (κ1) is 19.4. The number of fused-ring (bicyclic) bond motifs is 1. The van der Waals surface area contributed by atoms with Gasteiger partial charge in [-0.1, -0.05) is 18.2 Å². The van der Waals surface area contributed by atoms with Crippen molar-refractivity contribution in [3.8, 4) is 11.5 Å². The third kappa shape index (κ3) is 4.48. The molecule has 0 radical (unpaired) electrons. The van der Waals surface area contributed by atoms with Crippen molar-refractivity contribution >= 4 is 17.1 Å². The van der Waals surface area contributed by atoms with Crippen molar-refractivity contribution in [2.24, 2.45) is 0 Å². The van der Waals surface area contributed by atoms with Crippen LogP contribution in [0, 0.1) is 0 Å². The van der Waals surface area contributed by atoms with E-state index in [9.17, 15) is 18.4 Å². The van der Waals surface area contributed by atoms with E-state index in [1.165, 1.54) is 29.9 Å². The van der Waals surface area contributed by atoms with E-state index < -0.39 is 18.3 Å². The standard InChI is InChI=1S/C19H17F2NO6/c1-25-16-10-12(6-7-15(16)27-18(20)21)11-26-17(23)8-9-22-13-4-2-3-5-14(13)28-19(22)24/h2-7,10,18H,8-9,11H2,1H3. The predicted octanol–water partition coefficient (Wildman–Crippen LogP) is 3.34. The van der Waals surface area contributed by atoms with E-state index >= 15 is 0 Å². The first-order valence-corrected chi connectivity index (χ1v) is 8.33. The highest BCUT2D eigenvalue weighted by atomic mass is 19.3. The van der Waals surface area contributed by atoms with E-state index in [2.05, 4.69) is 4.74 Å². The van der Waals surface area contributed by atoms with Gasteiger partial charge in [0, 0.05) is 6.54 Å². The number of ether oxygens (including phenoxy) is 3. The Balaban J connectivity index is 1.58. The number of aryl methyl sites for hydroxylation is 1. The summed E-state index contributed by atoms with van der Waals surface area (Å²) in [6.07, 6.45) is -0.0346. The molecule has 0 saturated carbocycles. The molecular formula is C19H17F2NO6. The van der Waals surface area contributed by atoms with Crippen molar-refractivity contribution in [1.82, 2.24) is 4.57 Å². The van der Waals surface area contributed by atoms with E-state index in [4.69, 9.17) is 13.9 Å². The molecule has 148 valence electrons. The molecule has 0 unspecified atom stereocenters. The number of nitrogens with zero attached hydrogens (tertiary/aromatic N) is 1. The van der Waals surface area contributed by atoms with Gasteiger partial charge >= 0.3 is 18.3 Å². The number of alkyl halides is 2. The molecule has 0 fully saturated rings. The monoisotopic (exact) mass is 393 g/mol. The van der Waals surface area contributed by atoms with Gasteiger partial charge < -0.3 is 18.6 Å². The molecule has 0 amide bonds. The number of para-hydroxylation sites is 2. The van der Waals surface area contributed by atoms with Gasteiger partial charge in [-0.2, -0.15) is 8.78 Å². The maximum Gasteiger partial charge on any atom is 0.419 e. The average Bonchev–Trinajstić information content (AvgIpc) is 3.00. The Hall–Kier alpha value is -3.36. The topological polar surface area (TPSA) is 79.9 Å². The van der Waals surface area contributed by atoms with Gasteiger partial charge in [-0.25, -0.2) is 4.79 Å². The van der Waals surface area contributed by atoms with Crippen LogP contribution in [0.15, 0.2) is 51.7 Å². The summed E-state index contributed by atoms with van der Waals surface area (Å²) in [6, 6.07) is 11.1. The van der Waals surface area contributed by atoms with Crippen LogP contribution in [-0.2, 0) is 22.7 Å². The second kappa shape index (κ2) is 8.55. The summed E-state index contributed by atoms with van der Waals surface area (Å²) in [5.74, 6) is -1.08. The number of esters is 1. The van der Waals surface area contributed by atoms with E-state index in [1.807, 2.05) is 0 Å². The van der Waals surface area contributed by atoms with E-state index in [0.29, 0.717) is 16.7 Å². The second-order valence-electron chi connectivity index (χ2n) is 5.76. The van der Waals surface area contributed by atoms with Crippen molar-refractivity contribution in [3.63, 3.8) is 0 Å². The van der Waals surface area contributed by atoms with Gasteiger partial charge in [0.25, 0.3) is 0 Å². The molecule has 0 aliphatic heterocycles. The Kier molecular flexibility index (Phi) is 5.93. The van der Waals surface area contributed by atoms with Crippen molar-refractivity contribution in [3.05, 3.63) is 58.6 Å². The minimum absolute atomic E-state index is 0.0346. The number of oxazole rings is 1. The number of hydrogen-bond donors (Lipinski definition) is 0.